The van der Waals surface area contributed by atoms with Crippen molar-refractivity contribution >= 4 is 5.96 Å². The first kappa shape index (κ1) is 20.7. The zero-order valence-electron chi connectivity index (χ0n) is 16.9. The Labute approximate surface area is 159 Å². The number of morpholine rings is 1. The Bertz CT molecular complexity index is 528. The summed E-state index contributed by atoms with van der Waals surface area (Å²) < 4.78 is 5.42. The lowest BCUT2D eigenvalue weighted by Crippen LogP contribution is -2.44. The van der Waals surface area contributed by atoms with Crippen LogP contribution < -0.4 is 10.6 Å². The highest BCUT2D eigenvalue weighted by Gasteiger charge is 2.16. The third-order valence-electron chi connectivity index (χ3n) is 5.02. The van der Waals surface area contributed by atoms with Gasteiger partial charge in [-0.25, -0.2) is 0 Å². The van der Waals surface area contributed by atoms with Gasteiger partial charge in [0, 0.05) is 44.7 Å². The van der Waals surface area contributed by atoms with Gasteiger partial charge in [-0.15, -0.1) is 0 Å². The SMILES string of the molecule is CCNC(=NCC(C)CN1CCOCC1)NC(C)C(C)c1ccccc1. The largest absolute Gasteiger partial charge is 0.379 e. The Morgan fingerprint density at radius 3 is 2.50 bits per heavy atom. The van der Waals surface area contributed by atoms with Gasteiger partial charge in [0.15, 0.2) is 5.96 Å². The van der Waals surface area contributed by atoms with E-state index in [9.17, 15) is 0 Å². The molecule has 1 heterocycles. The molecule has 0 aromatic heterocycles. The molecule has 2 N–H and O–H groups in total. The van der Waals surface area contributed by atoms with E-state index >= 15 is 0 Å². The van der Waals surface area contributed by atoms with Crippen LogP contribution in [0, 0.1) is 5.92 Å². The number of rotatable bonds is 8. The van der Waals surface area contributed by atoms with E-state index in [0.29, 0.717) is 17.9 Å². The molecule has 5 heteroatoms. The molecule has 1 aliphatic heterocycles. The molecule has 0 amide bonds. The van der Waals surface area contributed by atoms with E-state index in [1.54, 1.807) is 0 Å². The second kappa shape index (κ2) is 11.2. The maximum atomic E-state index is 5.42. The van der Waals surface area contributed by atoms with Crippen LogP contribution in [-0.4, -0.2) is 62.8 Å². The normalized spacial score (nSPS) is 19.6. The number of benzene rings is 1. The van der Waals surface area contributed by atoms with Gasteiger partial charge in [-0.05, 0) is 25.3 Å². The van der Waals surface area contributed by atoms with E-state index in [4.69, 9.17) is 9.73 Å². The van der Waals surface area contributed by atoms with Crippen LogP contribution in [0.2, 0.25) is 0 Å². The van der Waals surface area contributed by atoms with Crippen LogP contribution in [0.25, 0.3) is 0 Å². The van der Waals surface area contributed by atoms with E-state index < -0.39 is 0 Å². The van der Waals surface area contributed by atoms with Crippen LogP contribution in [0.4, 0.5) is 0 Å². The lowest BCUT2D eigenvalue weighted by molar-refractivity contribution is 0.0323. The minimum atomic E-state index is 0.310. The maximum Gasteiger partial charge on any atom is 0.191 e. The smallest absolute Gasteiger partial charge is 0.191 e. The molecule has 0 spiro atoms. The monoisotopic (exact) mass is 360 g/mol. The van der Waals surface area contributed by atoms with Crippen LogP contribution in [-0.2, 0) is 4.74 Å². The van der Waals surface area contributed by atoms with Crippen molar-refractivity contribution in [2.45, 2.75) is 39.7 Å². The summed E-state index contributed by atoms with van der Waals surface area (Å²) in [5, 5.41) is 6.96. The molecule has 1 aliphatic rings. The first-order chi connectivity index (χ1) is 12.6. The van der Waals surface area contributed by atoms with E-state index in [1.165, 1.54) is 5.56 Å². The second-order valence-electron chi connectivity index (χ2n) is 7.37. The number of hydrogen-bond donors (Lipinski definition) is 2. The lowest BCUT2D eigenvalue weighted by Gasteiger charge is -2.29. The molecule has 0 bridgehead atoms. The summed E-state index contributed by atoms with van der Waals surface area (Å²) in [5.74, 6) is 1.87. The Balaban J connectivity index is 1.86. The van der Waals surface area contributed by atoms with Crippen molar-refractivity contribution in [3.63, 3.8) is 0 Å². The molecular weight excluding hydrogens is 324 g/mol. The topological polar surface area (TPSA) is 48.9 Å². The predicted molar refractivity (Wildman–Crippen MR) is 110 cm³/mol. The summed E-state index contributed by atoms with van der Waals surface area (Å²) in [6.45, 7) is 15.5. The lowest BCUT2D eigenvalue weighted by atomic mass is 9.94. The van der Waals surface area contributed by atoms with Gasteiger partial charge in [0.1, 0.15) is 0 Å². The first-order valence-electron chi connectivity index (χ1n) is 10.00. The maximum absolute atomic E-state index is 5.42. The number of guanidine groups is 1. The minimum Gasteiger partial charge on any atom is -0.379 e. The minimum absolute atomic E-state index is 0.310. The molecule has 1 aromatic carbocycles. The third kappa shape index (κ3) is 6.96. The fourth-order valence-electron chi connectivity index (χ4n) is 3.24. The number of nitrogens with zero attached hydrogens (tertiary/aromatic N) is 2. The highest BCUT2D eigenvalue weighted by atomic mass is 16.5. The van der Waals surface area contributed by atoms with Crippen molar-refractivity contribution in [2.75, 3.05) is 45.9 Å². The van der Waals surface area contributed by atoms with Gasteiger partial charge in [0.2, 0.25) is 0 Å². The van der Waals surface area contributed by atoms with Crippen molar-refractivity contribution in [1.82, 2.24) is 15.5 Å². The molecule has 3 atom stereocenters. The standard InChI is InChI=1S/C21H36N4O/c1-5-22-21(23-15-17(2)16-25-11-13-26-14-12-25)24-19(4)18(3)20-9-7-6-8-10-20/h6-10,17-19H,5,11-16H2,1-4H3,(H2,22,23,24). The van der Waals surface area contributed by atoms with E-state index in [1.807, 2.05) is 0 Å². The van der Waals surface area contributed by atoms with Gasteiger partial charge in [0.25, 0.3) is 0 Å². The molecule has 1 saturated heterocycles. The molecule has 5 nitrogen and oxygen atoms in total. The first-order valence-corrected chi connectivity index (χ1v) is 10.00. The second-order valence-corrected chi connectivity index (χ2v) is 7.37. The van der Waals surface area contributed by atoms with Crippen molar-refractivity contribution in [3.8, 4) is 0 Å². The van der Waals surface area contributed by atoms with Crippen molar-refractivity contribution in [1.29, 1.82) is 0 Å². The Hall–Kier alpha value is -1.59. The molecule has 3 unspecified atom stereocenters. The summed E-state index contributed by atoms with van der Waals surface area (Å²) in [5.41, 5.74) is 1.35. The summed E-state index contributed by atoms with van der Waals surface area (Å²) in [7, 11) is 0. The predicted octanol–water partition coefficient (Wildman–Crippen LogP) is 2.70. The average molecular weight is 361 g/mol. The molecule has 2 rings (SSSR count). The van der Waals surface area contributed by atoms with Crippen LogP contribution in [0.5, 0.6) is 0 Å². The van der Waals surface area contributed by atoms with Gasteiger partial charge in [-0.3, -0.25) is 9.89 Å². The molecule has 146 valence electrons. The molecule has 0 saturated carbocycles. The number of hydrogen-bond acceptors (Lipinski definition) is 3. The molecule has 1 aromatic rings. The van der Waals surface area contributed by atoms with Crippen molar-refractivity contribution in [3.05, 3.63) is 35.9 Å². The Morgan fingerprint density at radius 1 is 1.15 bits per heavy atom. The van der Waals surface area contributed by atoms with E-state index in [-0.39, 0.29) is 0 Å². The fraction of sp³-hybridized carbons (Fsp3) is 0.667. The number of aliphatic imine (C=N–C) groups is 1. The molecular formula is C21H36N4O. The number of nitrogens with one attached hydrogen (secondary N) is 2. The Morgan fingerprint density at radius 2 is 1.85 bits per heavy atom. The highest BCUT2D eigenvalue weighted by molar-refractivity contribution is 5.80. The van der Waals surface area contributed by atoms with E-state index in [2.05, 4.69) is 73.6 Å². The summed E-state index contributed by atoms with van der Waals surface area (Å²) in [4.78, 5) is 7.31. The van der Waals surface area contributed by atoms with Crippen LogP contribution >= 0.6 is 0 Å². The van der Waals surface area contributed by atoms with Gasteiger partial charge < -0.3 is 15.4 Å². The van der Waals surface area contributed by atoms with Gasteiger partial charge in [0.05, 0.1) is 13.2 Å². The van der Waals surface area contributed by atoms with Crippen molar-refractivity contribution < 1.29 is 4.74 Å². The third-order valence-corrected chi connectivity index (χ3v) is 5.02. The van der Waals surface area contributed by atoms with Crippen LogP contribution in [0.1, 0.15) is 39.2 Å². The summed E-state index contributed by atoms with van der Waals surface area (Å²) >= 11 is 0. The molecule has 1 fully saturated rings. The Kier molecular flexibility index (Phi) is 8.92. The molecule has 0 aliphatic carbocycles. The van der Waals surface area contributed by atoms with Crippen LogP contribution in [0.3, 0.4) is 0 Å². The van der Waals surface area contributed by atoms with Crippen LogP contribution in [0.15, 0.2) is 35.3 Å². The summed E-state index contributed by atoms with van der Waals surface area (Å²) in [6, 6.07) is 11.0. The molecule has 0 radical (unpaired) electrons. The quantitative estimate of drug-likeness (QED) is 0.553. The summed E-state index contributed by atoms with van der Waals surface area (Å²) in [6.07, 6.45) is 0. The van der Waals surface area contributed by atoms with Crippen molar-refractivity contribution in [2.24, 2.45) is 10.9 Å². The zero-order valence-corrected chi connectivity index (χ0v) is 16.9. The highest BCUT2D eigenvalue weighted by Crippen LogP contribution is 2.18. The van der Waals surface area contributed by atoms with Gasteiger partial charge >= 0.3 is 0 Å². The van der Waals surface area contributed by atoms with Gasteiger partial charge in [-0.2, -0.15) is 0 Å². The zero-order chi connectivity index (χ0) is 18.8. The molecule has 26 heavy (non-hydrogen) atoms. The van der Waals surface area contributed by atoms with E-state index in [0.717, 1.165) is 51.9 Å². The van der Waals surface area contributed by atoms with Gasteiger partial charge in [-0.1, -0.05) is 44.2 Å². The average Bonchev–Trinajstić information content (AvgIpc) is 2.67. The fourth-order valence-corrected chi connectivity index (χ4v) is 3.24. The number of ether oxygens (including phenoxy) is 1.